The van der Waals surface area contributed by atoms with E-state index in [2.05, 4.69) is 25.8 Å². The molecule has 0 bridgehead atoms. The van der Waals surface area contributed by atoms with Gasteiger partial charge in [0.05, 0.1) is 11.8 Å². The lowest BCUT2D eigenvalue weighted by Gasteiger charge is -2.43. The van der Waals surface area contributed by atoms with Crippen molar-refractivity contribution in [1.82, 2.24) is 9.80 Å². The molecule has 5 heteroatoms. The van der Waals surface area contributed by atoms with Crippen LogP contribution in [0.5, 0.6) is 0 Å². The molecule has 5 nitrogen and oxygen atoms in total. The number of carbonyl (C=O) groups excluding carboxylic acids is 1. The van der Waals surface area contributed by atoms with Crippen molar-refractivity contribution < 1.29 is 14.7 Å². The van der Waals surface area contributed by atoms with E-state index in [0.29, 0.717) is 31.6 Å². The fourth-order valence-corrected chi connectivity index (χ4v) is 3.37. The standard InChI is InChI=1S/C14H24N2O3/c1-9-7-16(8-10(2)15(9)3)13(17)11-5-4-6-12(11)14(18)19/h9-12H,4-8H2,1-3H3,(H,18,19). The van der Waals surface area contributed by atoms with E-state index < -0.39 is 11.9 Å². The van der Waals surface area contributed by atoms with Gasteiger partial charge < -0.3 is 10.0 Å². The summed E-state index contributed by atoms with van der Waals surface area (Å²) in [5.41, 5.74) is 0. The number of carbonyl (C=O) groups is 2. The SMILES string of the molecule is CC1CN(C(=O)C2CCCC2C(=O)O)CC(C)N1C. The average molecular weight is 268 g/mol. The highest BCUT2D eigenvalue weighted by Crippen LogP contribution is 2.34. The van der Waals surface area contributed by atoms with Crippen LogP contribution in [-0.4, -0.2) is 59.0 Å². The average Bonchev–Trinajstić information content (AvgIpc) is 2.83. The van der Waals surface area contributed by atoms with Gasteiger partial charge in [0.2, 0.25) is 5.91 Å². The first-order valence-corrected chi connectivity index (χ1v) is 7.15. The van der Waals surface area contributed by atoms with Gasteiger partial charge in [-0.2, -0.15) is 0 Å². The summed E-state index contributed by atoms with van der Waals surface area (Å²) in [5.74, 6) is -1.54. The van der Waals surface area contributed by atoms with E-state index in [9.17, 15) is 14.7 Å². The third kappa shape index (κ3) is 2.76. The van der Waals surface area contributed by atoms with E-state index >= 15 is 0 Å². The van der Waals surface area contributed by atoms with Crippen molar-refractivity contribution in [2.75, 3.05) is 20.1 Å². The Morgan fingerprint density at radius 2 is 1.58 bits per heavy atom. The van der Waals surface area contributed by atoms with Gasteiger partial charge in [-0.15, -0.1) is 0 Å². The Bertz CT molecular complexity index is 360. The van der Waals surface area contributed by atoms with Gasteiger partial charge in [-0.3, -0.25) is 14.5 Å². The lowest BCUT2D eigenvalue weighted by Crippen LogP contribution is -2.57. The van der Waals surface area contributed by atoms with Gasteiger partial charge in [0.15, 0.2) is 0 Å². The summed E-state index contributed by atoms with van der Waals surface area (Å²) >= 11 is 0. The van der Waals surface area contributed by atoms with Crippen LogP contribution in [0.3, 0.4) is 0 Å². The Morgan fingerprint density at radius 3 is 2.11 bits per heavy atom. The minimum atomic E-state index is -0.814. The maximum Gasteiger partial charge on any atom is 0.307 e. The van der Waals surface area contributed by atoms with Crippen LogP contribution in [0, 0.1) is 11.8 Å². The van der Waals surface area contributed by atoms with Gasteiger partial charge in [0.25, 0.3) is 0 Å². The molecule has 0 aromatic heterocycles. The van der Waals surface area contributed by atoms with Crippen LogP contribution in [0.1, 0.15) is 33.1 Å². The van der Waals surface area contributed by atoms with E-state index in [1.807, 2.05) is 4.90 Å². The summed E-state index contributed by atoms with van der Waals surface area (Å²) in [5, 5.41) is 9.20. The van der Waals surface area contributed by atoms with Crippen molar-refractivity contribution in [1.29, 1.82) is 0 Å². The normalized spacial score (nSPS) is 36.5. The molecule has 108 valence electrons. The number of carboxylic acid groups (broad SMARTS) is 1. The molecule has 2 rings (SSSR count). The second-order valence-corrected chi connectivity index (χ2v) is 6.09. The number of nitrogens with zero attached hydrogens (tertiary/aromatic N) is 2. The van der Waals surface area contributed by atoms with Gasteiger partial charge in [0.1, 0.15) is 0 Å². The predicted molar refractivity (Wildman–Crippen MR) is 71.7 cm³/mol. The summed E-state index contributed by atoms with van der Waals surface area (Å²) in [6.07, 6.45) is 2.22. The van der Waals surface area contributed by atoms with Crippen molar-refractivity contribution in [3.63, 3.8) is 0 Å². The molecule has 1 saturated heterocycles. The van der Waals surface area contributed by atoms with Crippen LogP contribution in [-0.2, 0) is 9.59 Å². The van der Waals surface area contributed by atoms with E-state index in [-0.39, 0.29) is 11.8 Å². The Hall–Kier alpha value is -1.10. The summed E-state index contributed by atoms with van der Waals surface area (Å²) in [6.45, 7) is 5.64. The Labute approximate surface area is 114 Å². The third-order valence-corrected chi connectivity index (χ3v) is 4.82. The first kappa shape index (κ1) is 14.3. The van der Waals surface area contributed by atoms with E-state index in [4.69, 9.17) is 0 Å². The highest BCUT2D eigenvalue weighted by molar-refractivity contribution is 5.85. The molecule has 19 heavy (non-hydrogen) atoms. The van der Waals surface area contributed by atoms with Crippen LogP contribution in [0.2, 0.25) is 0 Å². The second kappa shape index (κ2) is 5.49. The summed E-state index contributed by atoms with van der Waals surface area (Å²) < 4.78 is 0. The molecule has 1 amide bonds. The molecule has 1 aliphatic carbocycles. The quantitative estimate of drug-likeness (QED) is 0.813. The second-order valence-electron chi connectivity index (χ2n) is 6.09. The number of rotatable bonds is 2. The minimum Gasteiger partial charge on any atom is -0.481 e. The maximum absolute atomic E-state index is 12.6. The largest absolute Gasteiger partial charge is 0.481 e. The Balaban J connectivity index is 2.05. The Morgan fingerprint density at radius 1 is 1.05 bits per heavy atom. The van der Waals surface area contributed by atoms with Gasteiger partial charge >= 0.3 is 5.97 Å². The topological polar surface area (TPSA) is 60.9 Å². The minimum absolute atomic E-state index is 0.0525. The molecule has 0 radical (unpaired) electrons. The van der Waals surface area contributed by atoms with E-state index in [0.717, 1.165) is 12.8 Å². The molecule has 4 unspecified atom stereocenters. The molecular formula is C14H24N2O3. The van der Waals surface area contributed by atoms with Crippen LogP contribution in [0.15, 0.2) is 0 Å². The fraction of sp³-hybridized carbons (Fsp3) is 0.857. The van der Waals surface area contributed by atoms with Crippen molar-refractivity contribution in [3.8, 4) is 0 Å². The molecule has 0 aromatic carbocycles. The molecule has 1 N–H and O–H groups in total. The number of amides is 1. The number of aliphatic carboxylic acids is 1. The molecule has 4 atom stereocenters. The smallest absolute Gasteiger partial charge is 0.307 e. The summed E-state index contributed by atoms with van der Waals surface area (Å²) in [4.78, 5) is 27.9. The highest BCUT2D eigenvalue weighted by atomic mass is 16.4. The number of hydrogen-bond acceptors (Lipinski definition) is 3. The van der Waals surface area contributed by atoms with Crippen molar-refractivity contribution in [3.05, 3.63) is 0 Å². The molecule has 2 fully saturated rings. The van der Waals surface area contributed by atoms with Crippen LogP contribution < -0.4 is 0 Å². The Kier molecular flexibility index (Phi) is 4.13. The zero-order valence-corrected chi connectivity index (χ0v) is 12.0. The van der Waals surface area contributed by atoms with E-state index in [1.165, 1.54) is 0 Å². The number of carboxylic acids is 1. The van der Waals surface area contributed by atoms with Gasteiger partial charge in [-0.05, 0) is 33.7 Å². The van der Waals surface area contributed by atoms with Gasteiger partial charge in [-0.25, -0.2) is 0 Å². The summed E-state index contributed by atoms with van der Waals surface area (Å²) in [6, 6.07) is 0.662. The van der Waals surface area contributed by atoms with E-state index in [1.54, 1.807) is 0 Å². The third-order valence-electron chi connectivity index (χ3n) is 4.82. The van der Waals surface area contributed by atoms with Crippen LogP contribution >= 0.6 is 0 Å². The van der Waals surface area contributed by atoms with Crippen LogP contribution in [0.25, 0.3) is 0 Å². The molecule has 0 spiro atoms. The first-order valence-electron chi connectivity index (χ1n) is 7.15. The monoisotopic (exact) mass is 268 g/mol. The molecule has 0 aromatic rings. The lowest BCUT2D eigenvalue weighted by atomic mass is 9.93. The highest BCUT2D eigenvalue weighted by Gasteiger charge is 2.41. The predicted octanol–water partition coefficient (Wildman–Crippen LogP) is 1.04. The van der Waals surface area contributed by atoms with Gasteiger partial charge in [0, 0.05) is 25.2 Å². The lowest BCUT2D eigenvalue weighted by molar-refractivity contribution is -0.150. The molecular weight excluding hydrogens is 244 g/mol. The summed E-state index contributed by atoms with van der Waals surface area (Å²) in [7, 11) is 2.08. The van der Waals surface area contributed by atoms with Crippen molar-refractivity contribution >= 4 is 11.9 Å². The molecule has 1 aliphatic heterocycles. The zero-order chi connectivity index (χ0) is 14.2. The number of likely N-dealkylation sites (N-methyl/N-ethyl adjacent to an activating group) is 1. The first-order chi connectivity index (χ1) is 8.91. The molecule has 1 saturated carbocycles. The zero-order valence-electron chi connectivity index (χ0n) is 12.0. The molecule has 1 heterocycles. The number of hydrogen-bond donors (Lipinski definition) is 1. The molecule has 2 aliphatic rings. The van der Waals surface area contributed by atoms with Crippen LogP contribution in [0.4, 0.5) is 0 Å². The fourth-order valence-electron chi connectivity index (χ4n) is 3.37. The maximum atomic E-state index is 12.6. The number of piperazine rings is 1. The van der Waals surface area contributed by atoms with Gasteiger partial charge in [-0.1, -0.05) is 6.42 Å². The van der Waals surface area contributed by atoms with Crippen molar-refractivity contribution in [2.24, 2.45) is 11.8 Å². The van der Waals surface area contributed by atoms with Crippen molar-refractivity contribution in [2.45, 2.75) is 45.2 Å².